The van der Waals surface area contributed by atoms with Crippen LogP contribution in [0.2, 0.25) is 0 Å². The van der Waals surface area contributed by atoms with Crippen molar-refractivity contribution in [2.75, 3.05) is 5.33 Å². The van der Waals surface area contributed by atoms with E-state index in [1.165, 1.54) is 0 Å². The van der Waals surface area contributed by atoms with Crippen LogP contribution in [-0.2, 0) is 0 Å². The molecule has 0 heterocycles. The van der Waals surface area contributed by atoms with E-state index < -0.39 is 5.67 Å². The lowest BCUT2D eigenvalue weighted by atomic mass is 10.1. The molecule has 0 nitrogen and oxygen atoms in total. The third-order valence-electron chi connectivity index (χ3n) is 2.02. The highest BCUT2D eigenvalue weighted by molar-refractivity contribution is 9.09. The summed E-state index contributed by atoms with van der Waals surface area (Å²) in [7, 11) is 0. The zero-order valence-corrected chi connectivity index (χ0v) is 6.76. The Balaban J connectivity index is 2.55. The topological polar surface area (TPSA) is 0 Å². The number of halogens is 2. The van der Waals surface area contributed by atoms with Crippen molar-refractivity contribution in [3.05, 3.63) is 0 Å². The SMILES string of the molecule is CC1(C)CC1(F)CBr. The smallest absolute Gasteiger partial charge is 0.126 e. The molecule has 8 heavy (non-hydrogen) atoms. The van der Waals surface area contributed by atoms with E-state index >= 15 is 0 Å². The molecule has 0 radical (unpaired) electrons. The van der Waals surface area contributed by atoms with Gasteiger partial charge in [0.2, 0.25) is 0 Å². The molecule has 2 heteroatoms. The lowest BCUT2D eigenvalue weighted by Crippen LogP contribution is -2.10. The van der Waals surface area contributed by atoms with Crippen molar-refractivity contribution in [1.82, 2.24) is 0 Å². The number of rotatable bonds is 1. The predicted octanol–water partition coefficient (Wildman–Crippen LogP) is 2.52. The standard InChI is InChI=1S/C6H10BrF/c1-5(2)3-6(5,8)4-7/h3-4H2,1-2H3. The summed E-state index contributed by atoms with van der Waals surface area (Å²) in [6, 6.07) is 0. The predicted molar refractivity (Wildman–Crippen MR) is 36.0 cm³/mol. The second-order valence-electron chi connectivity index (χ2n) is 3.16. The van der Waals surface area contributed by atoms with Gasteiger partial charge in [-0.05, 0) is 6.42 Å². The van der Waals surface area contributed by atoms with Crippen LogP contribution < -0.4 is 0 Å². The summed E-state index contributed by atoms with van der Waals surface area (Å²) in [4.78, 5) is 0. The normalized spacial score (nSPS) is 42.0. The Kier molecular flexibility index (Phi) is 1.20. The van der Waals surface area contributed by atoms with Crippen LogP contribution in [0.3, 0.4) is 0 Å². The average molecular weight is 181 g/mol. The van der Waals surface area contributed by atoms with Gasteiger partial charge in [0.25, 0.3) is 0 Å². The number of hydrogen-bond acceptors (Lipinski definition) is 0. The molecule has 0 N–H and O–H groups in total. The van der Waals surface area contributed by atoms with Crippen LogP contribution in [0.1, 0.15) is 20.3 Å². The fraction of sp³-hybridized carbons (Fsp3) is 1.00. The first-order chi connectivity index (χ1) is 3.52. The minimum absolute atomic E-state index is 0.0590. The molecular formula is C6H10BrF. The van der Waals surface area contributed by atoms with Crippen molar-refractivity contribution in [3.63, 3.8) is 0 Å². The lowest BCUT2D eigenvalue weighted by Gasteiger charge is -2.04. The Morgan fingerprint density at radius 2 is 2.00 bits per heavy atom. The monoisotopic (exact) mass is 180 g/mol. The van der Waals surface area contributed by atoms with Gasteiger partial charge >= 0.3 is 0 Å². The van der Waals surface area contributed by atoms with E-state index in [1.807, 2.05) is 13.8 Å². The molecule has 48 valence electrons. The molecule has 1 aliphatic rings. The molecule has 0 saturated heterocycles. The van der Waals surface area contributed by atoms with Gasteiger partial charge in [0, 0.05) is 10.7 Å². The lowest BCUT2D eigenvalue weighted by molar-refractivity contribution is 0.279. The molecule has 1 rings (SSSR count). The van der Waals surface area contributed by atoms with Gasteiger partial charge in [0.1, 0.15) is 5.67 Å². The molecule has 0 spiro atoms. The molecule has 0 aromatic carbocycles. The highest BCUT2D eigenvalue weighted by Crippen LogP contribution is 2.59. The Hall–Kier alpha value is 0.410. The van der Waals surface area contributed by atoms with Gasteiger partial charge in [-0.25, -0.2) is 4.39 Å². The molecule has 0 aromatic heterocycles. The Bertz CT molecular complexity index is 111. The van der Waals surface area contributed by atoms with Crippen molar-refractivity contribution in [3.8, 4) is 0 Å². The highest BCUT2D eigenvalue weighted by Gasteiger charge is 2.61. The minimum atomic E-state index is -0.896. The van der Waals surface area contributed by atoms with Crippen LogP contribution in [0.25, 0.3) is 0 Å². The Morgan fingerprint density at radius 1 is 1.62 bits per heavy atom. The summed E-state index contributed by atoms with van der Waals surface area (Å²) in [5, 5.41) is 0.493. The highest BCUT2D eigenvalue weighted by atomic mass is 79.9. The van der Waals surface area contributed by atoms with Crippen molar-refractivity contribution < 1.29 is 4.39 Å². The van der Waals surface area contributed by atoms with E-state index in [0.717, 1.165) is 0 Å². The summed E-state index contributed by atoms with van der Waals surface area (Å²) in [6.07, 6.45) is 0.714. The summed E-state index contributed by atoms with van der Waals surface area (Å²) in [5.41, 5.74) is -0.955. The number of hydrogen-bond donors (Lipinski definition) is 0. The van der Waals surface area contributed by atoms with E-state index in [1.54, 1.807) is 0 Å². The maximum Gasteiger partial charge on any atom is 0.126 e. The zero-order valence-electron chi connectivity index (χ0n) is 5.17. The molecule has 0 amide bonds. The second kappa shape index (κ2) is 1.47. The fourth-order valence-electron chi connectivity index (χ4n) is 0.884. The molecule has 0 aliphatic heterocycles. The van der Waals surface area contributed by atoms with E-state index in [9.17, 15) is 4.39 Å². The molecule has 0 aromatic rings. The third-order valence-corrected chi connectivity index (χ3v) is 2.91. The van der Waals surface area contributed by atoms with Gasteiger partial charge in [0.15, 0.2) is 0 Å². The molecule has 1 aliphatic carbocycles. The Morgan fingerprint density at radius 3 is 2.00 bits per heavy atom. The summed E-state index contributed by atoms with van der Waals surface area (Å²) in [6.45, 7) is 3.91. The van der Waals surface area contributed by atoms with Gasteiger partial charge in [-0.15, -0.1) is 0 Å². The third kappa shape index (κ3) is 0.697. The summed E-state index contributed by atoms with van der Waals surface area (Å²) in [5.74, 6) is 0. The fourth-order valence-corrected chi connectivity index (χ4v) is 1.84. The largest absolute Gasteiger partial charge is 0.242 e. The van der Waals surface area contributed by atoms with Crippen molar-refractivity contribution in [1.29, 1.82) is 0 Å². The van der Waals surface area contributed by atoms with Crippen LogP contribution in [0.4, 0.5) is 4.39 Å². The first-order valence-corrected chi connectivity index (χ1v) is 3.89. The quantitative estimate of drug-likeness (QED) is 0.545. The second-order valence-corrected chi connectivity index (χ2v) is 3.72. The molecule has 1 saturated carbocycles. The summed E-state index contributed by atoms with van der Waals surface area (Å²) >= 11 is 3.13. The van der Waals surface area contributed by atoms with Crippen molar-refractivity contribution >= 4 is 15.9 Å². The van der Waals surface area contributed by atoms with Crippen molar-refractivity contribution in [2.24, 2.45) is 5.41 Å². The summed E-state index contributed by atoms with van der Waals surface area (Å²) < 4.78 is 13.0. The van der Waals surface area contributed by atoms with Crippen LogP contribution in [0.15, 0.2) is 0 Å². The van der Waals surface area contributed by atoms with Gasteiger partial charge in [-0.1, -0.05) is 29.8 Å². The first kappa shape index (κ1) is 6.53. The van der Waals surface area contributed by atoms with Crippen LogP contribution >= 0.6 is 15.9 Å². The van der Waals surface area contributed by atoms with E-state index in [4.69, 9.17) is 0 Å². The van der Waals surface area contributed by atoms with Gasteiger partial charge < -0.3 is 0 Å². The zero-order chi connectivity index (χ0) is 6.41. The number of alkyl halides is 2. The van der Waals surface area contributed by atoms with Gasteiger partial charge in [0.05, 0.1) is 0 Å². The maximum absolute atomic E-state index is 13.0. The van der Waals surface area contributed by atoms with Crippen LogP contribution in [-0.4, -0.2) is 11.0 Å². The van der Waals surface area contributed by atoms with E-state index in [-0.39, 0.29) is 5.41 Å². The van der Waals surface area contributed by atoms with E-state index in [2.05, 4.69) is 15.9 Å². The van der Waals surface area contributed by atoms with Crippen LogP contribution in [0, 0.1) is 5.41 Å². The van der Waals surface area contributed by atoms with E-state index in [0.29, 0.717) is 11.8 Å². The minimum Gasteiger partial charge on any atom is -0.242 e. The average Bonchev–Trinajstić information content (AvgIpc) is 2.10. The molecule has 1 atom stereocenters. The maximum atomic E-state index is 13.0. The molecule has 0 bridgehead atoms. The van der Waals surface area contributed by atoms with Crippen LogP contribution in [0.5, 0.6) is 0 Å². The van der Waals surface area contributed by atoms with Gasteiger partial charge in [-0.3, -0.25) is 0 Å². The Labute approximate surface area is 57.6 Å². The molecule has 1 unspecified atom stereocenters. The van der Waals surface area contributed by atoms with Crippen molar-refractivity contribution in [2.45, 2.75) is 25.9 Å². The molecule has 1 fully saturated rings. The molecular weight excluding hydrogens is 171 g/mol. The van der Waals surface area contributed by atoms with Gasteiger partial charge in [-0.2, -0.15) is 0 Å². The first-order valence-electron chi connectivity index (χ1n) is 2.77.